The minimum Gasteiger partial charge on any atom is -0.277 e. The summed E-state index contributed by atoms with van der Waals surface area (Å²) in [6.45, 7) is 6.37. The highest BCUT2D eigenvalue weighted by Crippen LogP contribution is 2.48. The van der Waals surface area contributed by atoms with Crippen molar-refractivity contribution >= 4 is 29.3 Å². The molecule has 3 aromatic rings. The lowest BCUT2D eigenvalue weighted by Gasteiger charge is -2.33. The number of alkyl halides is 3. The lowest BCUT2D eigenvalue weighted by Crippen LogP contribution is -2.41. The van der Waals surface area contributed by atoms with E-state index < -0.39 is 35.2 Å². The second-order valence-electron chi connectivity index (χ2n) is 10.0. The first-order chi connectivity index (χ1) is 17.7. The van der Waals surface area contributed by atoms with Crippen LogP contribution in [0, 0.1) is 20.8 Å². The molecule has 0 saturated heterocycles. The van der Waals surface area contributed by atoms with E-state index in [1.807, 2.05) is 19.1 Å². The van der Waals surface area contributed by atoms with Crippen LogP contribution in [0.1, 0.15) is 76.2 Å². The quantitative estimate of drug-likeness (QED) is 0.427. The number of carbonyl (C=O) groups excluding carboxylic acids is 4. The molecule has 0 radical (unpaired) electrons. The van der Waals surface area contributed by atoms with E-state index in [0.717, 1.165) is 34.4 Å². The third-order valence-corrected chi connectivity index (χ3v) is 7.56. The molecule has 9 heteroatoms. The molecule has 2 heterocycles. The molecular weight excluding hydrogens is 497 g/mol. The van der Waals surface area contributed by atoms with Crippen molar-refractivity contribution in [3.63, 3.8) is 0 Å². The van der Waals surface area contributed by atoms with Crippen LogP contribution in [0.2, 0.25) is 0 Å². The Morgan fingerprint density at radius 2 is 1.05 bits per heavy atom. The number of amides is 4. The maximum absolute atomic E-state index is 14.8. The van der Waals surface area contributed by atoms with Gasteiger partial charge in [0.2, 0.25) is 0 Å². The fourth-order valence-electron chi connectivity index (χ4n) is 5.45. The molecule has 0 fully saturated rings. The standard InChI is InChI=1S/C29H23F3N2O4/c1-14-10-15(2)23(16(3)11-14)34-26(37)20-9-7-18(13-22(20)27(34)38)28(4,29(30,31)32)17-6-8-19-21(12-17)25(36)33(5)24(19)35/h6-13H,1-5H3/t28-/m0/s1. The zero-order valence-electron chi connectivity index (χ0n) is 21.3. The van der Waals surface area contributed by atoms with Gasteiger partial charge in [0, 0.05) is 7.05 Å². The molecule has 0 unspecified atom stereocenters. The molecule has 6 nitrogen and oxygen atoms in total. The van der Waals surface area contributed by atoms with Gasteiger partial charge in [-0.05, 0) is 74.2 Å². The molecule has 0 aliphatic carbocycles. The van der Waals surface area contributed by atoms with Gasteiger partial charge >= 0.3 is 6.18 Å². The van der Waals surface area contributed by atoms with Crippen LogP contribution in [0.4, 0.5) is 18.9 Å². The van der Waals surface area contributed by atoms with E-state index in [9.17, 15) is 32.3 Å². The predicted octanol–water partition coefficient (Wildman–Crippen LogP) is 5.51. The van der Waals surface area contributed by atoms with E-state index in [-0.39, 0.29) is 33.4 Å². The molecule has 0 bridgehead atoms. The van der Waals surface area contributed by atoms with E-state index in [0.29, 0.717) is 16.8 Å². The Hall–Kier alpha value is -4.27. The maximum Gasteiger partial charge on any atom is 0.402 e. The third-order valence-electron chi connectivity index (χ3n) is 7.56. The molecule has 4 amide bonds. The van der Waals surface area contributed by atoms with Gasteiger partial charge in [0.05, 0.1) is 27.9 Å². The zero-order valence-corrected chi connectivity index (χ0v) is 21.3. The Bertz CT molecular complexity index is 1580. The Morgan fingerprint density at radius 1 is 0.632 bits per heavy atom. The number of carbonyl (C=O) groups is 4. The van der Waals surface area contributed by atoms with Gasteiger partial charge in [-0.3, -0.25) is 24.1 Å². The van der Waals surface area contributed by atoms with Gasteiger partial charge in [0.15, 0.2) is 0 Å². The van der Waals surface area contributed by atoms with E-state index >= 15 is 0 Å². The van der Waals surface area contributed by atoms with Gasteiger partial charge in [-0.15, -0.1) is 0 Å². The molecule has 0 saturated carbocycles. The van der Waals surface area contributed by atoms with Gasteiger partial charge in [-0.1, -0.05) is 29.8 Å². The van der Waals surface area contributed by atoms with Crippen molar-refractivity contribution in [3.05, 3.63) is 98.6 Å². The summed E-state index contributed by atoms with van der Waals surface area (Å²) < 4.78 is 44.3. The summed E-state index contributed by atoms with van der Waals surface area (Å²) in [4.78, 5) is 53.3. The van der Waals surface area contributed by atoms with Crippen molar-refractivity contribution in [3.8, 4) is 0 Å². The van der Waals surface area contributed by atoms with Gasteiger partial charge in [-0.25, -0.2) is 4.90 Å². The minimum absolute atomic E-state index is 0.0130. The maximum atomic E-state index is 14.8. The average Bonchev–Trinajstić information content (AvgIpc) is 3.22. The summed E-state index contributed by atoms with van der Waals surface area (Å²) in [7, 11) is 1.26. The second kappa shape index (κ2) is 8.11. The number of halogens is 3. The van der Waals surface area contributed by atoms with Crippen molar-refractivity contribution < 1.29 is 32.3 Å². The van der Waals surface area contributed by atoms with Gasteiger partial charge in [-0.2, -0.15) is 13.2 Å². The molecule has 5 rings (SSSR count). The summed E-state index contributed by atoms with van der Waals surface area (Å²) in [6, 6.07) is 10.6. The van der Waals surface area contributed by atoms with Crippen molar-refractivity contribution in [2.45, 2.75) is 39.3 Å². The third kappa shape index (κ3) is 3.34. The molecule has 0 N–H and O–H groups in total. The highest BCUT2D eigenvalue weighted by Gasteiger charge is 2.55. The lowest BCUT2D eigenvalue weighted by molar-refractivity contribution is -0.173. The molecule has 0 spiro atoms. The van der Waals surface area contributed by atoms with Crippen molar-refractivity contribution in [2.24, 2.45) is 0 Å². The first-order valence-electron chi connectivity index (χ1n) is 11.8. The summed E-state index contributed by atoms with van der Waals surface area (Å²) in [5.74, 6) is -2.59. The number of fused-ring (bicyclic) bond motifs is 2. The molecule has 2 aliphatic rings. The summed E-state index contributed by atoms with van der Waals surface area (Å²) in [6.07, 6.45) is -4.84. The number of hydrogen-bond donors (Lipinski definition) is 0. The van der Waals surface area contributed by atoms with Gasteiger partial charge in [0.1, 0.15) is 5.41 Å². The number of aryl methyl sites for hydroxylation is 3. The van der Waals surface area contributed by atoms with Crippen LogP contribution in [0.3, 0.4) is 0 Å². The fraction of sp³-hybridized carbons (Fsp3) is 0.241. The first-order valence-corrected chi connectivity index (χ1v) is 11.8. The molecule has 38 heavy (non-hydrogen) atoms. The van der Waals surface area contributed by atoms with Crippen LogP contribution >= 0.6 is 0 Å². The van der Waals surface area contributed by atoms with E-state index in [1.165, 1.54) is 31.3 Å². The Balaban J connectivity index is 1.65. The Morgan fingerprint density at radius 3 is 1.55 bits per heavy atom. The van der Waals surface area contributed by atoms with E-state index in [2.05, 4.69) is 0 Å². The minimum atomic E-state index is -4.84. The van der Waals surface area contributed by atoms with Crippen LogP contribution in [0.15, 0.2) is 48.5 Å². The monoisotopic (exact) mass is 520 g/mol. The first kappa shape index (κ1) is 25.4. The largest absolute Gasteiger partial charge is 0.402 e. The molecule has 194 valence electrons. The lowest BCUT2D eigenvalue weighted by atomic mass is 9.74. The molecule has 2 aliphatic heterocycles. The SMILES string of the molecule is Cc1cc(C)c(N2C(=O)c3ccc([C@](C)(c4ccc5c(c4)C(=O)N(C)C5=O)C(F)(F)F)cc3C2=O)c(C)c1. The Labute approximate surface area is 216 Å². The number of anilines is 1. The zero-order chi connectivity index (χ0) is 27.9. The van der Waals surface area contributed by atoms with E-state index in [4.69, 9.17) is 0 Å². The molecule has 0 aromatic heterocycles. The molecule has 1 atom stereocenters. The van der Waals surface area contributed by atoms with Gasteiger partial charge < -0.3 is 0 Å². The molecular formula is C29H23F3N2O4. The van der Waals surface area contributed by atoms with Crippen LogP contribution < -0.4 is 4.90 Å². The van der Waals surface area contributed by atoms with Crippen molar-refractivity contribution in [1.29, 1.82) is 0 Å². The summed E-state index contributed by atoms with van der Waals surface area (Å²) in [5.41, 5.74) is -0.638. The van der Waals surface area contributed by atoms with Crippen LogP contribution in [-0.2, 0) is 5.41 Å². The smallest absolute Gasteiger partial charge is 0.277 e. The van der Waals surface area contributed by atoms with E-state index in [1.54, 1.807) is 13.8 Å². The fourth-order valence-corrected chi connectivity index (χ4v) is 5.45. The topological polar surface area (TPSA) is 74.8 Å². The number of benzene rings is 3. The Kier molecular flexibility index (Phi) is 5.42. The number of hydrogen-bond acceptors (Lipinski definition) is 4. The van der Waals surface area contributed by atoms with Crippen LogP contribution in [-0.4, -0.2) is 41.8 Å². The van der Waals surface area contributed by atoms with Crippen molar-refractivity contribution in [2.75, 3.05) is 11.9 Å². The highest BCUT2D eigenvalue weighted by atomic mass is 19.4. The van der Waals surface area contributed by atoms with Crippen LogP contribution in [0.25, 0.3) is 0 Å². The average molecular weight is 521 g/mol. The second-order valence-corrected chi connectivity index (χ2v) is 10.0. The van der Waals surface area contributed by atoms with Crippen LogP contribution in [0.5, 0.6) is 0 Å². The summed E-state index contributed by atoms with van der Waals surface area (Å²) in [5, 5.41) is 0. The van der Waals surface area contributed by atoms with Gasteiger partial charge in [0.25, 0.3) is 23.6 Å². The number of nitrogens with zero attached hydrogens (tertiary/aromatic N) is 2. The number of rotatable bonds is 3. The normalized spacial score (nSPS) is 16.7. The van der Waals surface area contributed by atoms with Crippen molar-refractivity contribution in [1.82, 2.24) is 4.90 Å². The highest BCUT2D eigenvalue weighted by molar-refractivity contribution is 6.35. The summed E-state index contributed by atoms with van der Waals surface area (Å²) >= 11 is 0. The molecule has 3 aromatic carbocycles. The predicted molar refractivity (Wildman–Crippen MR) is 134 cm³/mol. The number of imide groups is 2.